The van der Waals surface area contributed by atoms with Gasteiger partial charge in [0, 0.05) is 30.2 Å². The number of carbonyl (C=O) groups is 2. The SMILES string of the molecule is O=C(CCCCCn1cc(C(=O)Nc2ccccc2)c(=O)c2cc(F)ccc21)NO. The first kappa shape index (κ1) is 21.2. The molecule has 3 rings (SSSR count). The Morgan fingerprint density at radius 2 is 1.80 bits per heavy atom. The quantitative estimate of drug-likeness (QED) is 0.300. The molecule has 0 unspecified atom stereocenters. The minimum Gasteiger partial charge on any atom is -0.346 e. The van der Waals surface area contributed by atoms with Crippen LogP contribution in [-0.4, -0.2) is 21.6 Å². The van der Waals surface area contributed by atoms with Crippen LogP contribution >= 0.6 is 0 Å². The van der Waals surface area contributed by atoms with Crippen LogP contribution in [0, 0.1) is 5.82 Å². The largest absolute Gasteiger partial charge is 0.346 e. The third-order valence-electron chi connectivity index (χ3n) is 4.75. The van der Waals surface area contributed by atoms with E-state index in [2.05, 4.69) is 5.32 Å². The van der Waals surface area contributed by atoms with Gasteiger partial charge in [-0.25, -0.2) is 9.87 Å². The lowest BCUT2D eigenvalue weighted by Gasteiger charge is -2.14. The van der Waals surface area contributed by atoms with Crippen LogP contribution in [0.15, 0.2) is 59.5 Å². The first-order chi connectivity index (χ1) is 14.5. The molecular weight excluding hydrogens is 389 g/mol. The Morgan fingerprint density at radius 1 is 1.03 bits per heavy atom. The lowest BCUT2D eigenvalue weighted by molar-refractivity contribution is -0.129. The molecule has 3 aromatic rings. The number of unbranched alkanes of at least 4 members (excludes halogenated alkanes) is 2. The van der Waals surface area contributed by atoms with Crippen molar-refractivity contribution in [2.75, 3.05) is 5.32 Å². The Labute approximate surface area is 172 Å². The van der Waals surface area contributed by atoms with Crippen LogP contribution in [0.5, 0.6) is 0 Å². The third kappa shape index (κ3) is 5.09. The molecule has 156 valence electrons. The number of fused-ring (bicyclic) bond motifs is 1. The van der Waals surface area contributed by atoms with Gasteiger partial charge in [-0.15, -0.1) is 0 Å². The Bertz CT molecular complexity index is 1110. The minimum atomic E-state index is -0.564. The number of carbonyl (C=O) groups excluding carboxylic acids is 2. The van der Waals surface area contributed by atoms with Crippen molar-refractivity contribution in [1.29, 1.82) is 0 Å². The smallest absolute Gasteiger partial charge is 0.261 e. The number of aryl methyl sites for hydroxylation is 1. The third-order valence-corrected chi connectivity index (χ3v) is 4.75. The van der Waals surface area contributed by atoms with Crippen molar-refractivity contribution in [3.8, 4) is 0 Å². The number of benzene rings is 2. The lowest BCUT2D eigenvalue weighted by Crippen LogP contribution is -2.24. The van der Waals surface area contributed by atoms with Crippen LogP contribution in [0.2, 0.25) is 0 Å². The number of anilines is 1. The molecule has 0 aliphatic carbocycles. The molecule has 2 amide bonds. The van der Waals surface area contributed by atoms with Gasteiger partial charge in [0.05, 0.1) is 5.52 Å². The summed E-state index contributed by atoms with van der Waals surface area (Å²) in [5, 5.41) is 11.3. The molecular formula is C22H22FN3O4. The molecule has 0 aliphatic rings. The predicted octanol–water partition coefficient (Wildman–Crippen LogP) is 3.46. The number of hydrogen-bond donors (Lipinski definition) is 3. The molecule has 2 aromatic carbocycles. The van der Waals surface area contributed by atoms with Gasteiger partial charge >= 0.3 is 0 Å². The molecule has 0 saturated heterocycles. The lowest BCUT2D eigenvalue weighted by atomic mass is 10.1. The highest BCUT2D eigenvalue weighted by atomic mass is 19.1. The number of rotatable bonds is 8. The molecule has 7 nitrogen and oxygen atoms in total. The van der Waals surface area contributed by atoms with Gasteiger partial charge in [0.1, 0.15) is 11.4 Å². The number of aromatic nitrogens is 1. The molecule has 0 aliphatic heterocycles. The van der Waals surface area contributed by atoms with Crippen molar-refractivity contribution >= 4 is 28.4 Å². The fourth-order valence-corrected chi connectivity index (χ4v) is 3.24. The summed E-state index contributed by atoms with van der Waals surface area (Å²) in [5.74, 6) is -1.56. The Hall–Kier alpha value is -3.52. The molecule has 0 bridgehead atoms. The summed E-state index contributed by atoms with van der Waals surface area (Å²) in [6, 6.07) is 12.7. The van der Waals surface area contributed by atoms with Crippen molar-refractivity contribution in [1.82, 2.24) is 10.0 Å². The Balaban J connectivity index is 1.86. The van der Waals surface area contributed by atoms with E-state index in [1.165, 1.54) is 18.3 Å². The number of halogens is 1. The van der Waals surface area contributed by atoms with Crippen LogP contribution < -0.4 is 16.2 Å². The van der Waals surface area contributed by atoms with Crippen LogP contribution in [0.4, 0.5) is 10.1 Å². The number of para-hydroxylation sites is 1. The first-order valence-electron chi connectivity index (χ1n) is 9.61. The van der Waals surface area contributed by atoms with Gasteiger partial charge < -0.3 is 9.88 Å². The van der Waals surface area contributed by atoms with E-state index >= 15 is 0 Å². The predicted molar refractivity (Wildman–Crippen MR) is 111 cm³/mol. The highest BCUT2D eigenvalue weighted by Crippen LogP contribution is 2.16. The number of nitrogens with zero attached hydrogens (tertiary/aromatic N) is 1. The second-order valence-electron chi connectivity index (χ2n) is 6.89. The highest BCUT2D eigenvalue weighted by molar-refractivity contribution is 6.05. The topological polar surface area (TPSA) is 100 Å². The first-order valence-corrected chi connectivity index (χ1v) is 9.61. The summed E-state index contributed by atoms with van der Waals surface area (Å²) < 4.78 is 15.5. The Morgan fingerprint density at radius 3 is 2.53 bits per heavy atom. The minimum absolute atomic E-state index is 0.0726. The number of hydrogen-bond acceptors (Lipinski definition) is 4. The summed E-state index contributed by atoms with van der Waals surface area (Å²) in [4.78, 5) is 36.6. The van der Waals surface area contributed by atoms with E-state index in [0.717, 1.165) is 6.07 Å². The van der Waals surface area contributed by atoms with Gasteiger partial charge in [-0.1, -0.05) is 24.6 Å². The van der Waals surface area contributed by atoms with E-state index in [-0.39, 0.29) is 17.4 Å². The maximum atomic E-state index is 13.8. The monoisotopic (exact) mass is 411 g/mol. The van der Waals surface area contributed by atoms with Gasteiger partial charge in [0.2, 0.25) is 11.3 Å². The average molecular weight is 411 g/mol. The van der Waals surface area contributed by atoms with Gasteiger partial charge in [0.15, 0.2) is 0 Å². The van der Waals surface area contributed by atoms with E-state index in [9.17, 15) is 18.8 Å². The van der Waals surface area contributed by atoms with Crippen molar-refractivity contribution in [3.63, 3.8) is 0 Å². The summed E-state index contributed by atoms with van der Waals surface area (Å²) in [7, 11) is 0. The van der Waals surface area contributed by atoms with Crippen molar-refractivity contribution in [3.05, 3.63) is 76.3 Å². The van der Waals surface area contributed by atoms with E-state index in [4.69, 9.17) is 5.21 Å². The summed E-state index contributed by atoms with van der Waals surface area (Å²) in [6.07, 6.45) is 3.65. The second-order valence-corrected chi connectivity index (χ2v) is 6.89. The standard InChI is InChI=1S/C22H22FN3O4/c23-15-10-11-19-17(13-15)21(28)18(22(29)24-16-7-3-1-4-8-16)14-26(19)12-6-2-5-9-20(27)25-30/h1,3-4,7-8,10-11,13-14,30H,2,5-6,9,12H2,(H,24,29)(H,25,27). The second kappa shape index (κ2) is 9.80. The zero-order valence-corrected chi connectivity index (χ0v) is 16.2. The average Bonchev–Trinajstić information content (AvgIpc) is 2.75. The normalized spacial score (nSPS) is 10.7. The number of hydroxylamine groups is 1. The van der Waals surface area contributed by atoms with Gasteiger partial charge in [-0.05, 0) is 43.2 Å². The maximum Gasteiger partial charge on any atom is 0.261 e. The molecule has 0 fully saturated rings. The molecule has 1 heterocycles. The molecule has 30 heavy (non-hydrogen) atoms. The van der Waals surface area contributed by atoms with Gasteiger partial charge in [-0.2, -0.15) is 0 Å². The van der Waals surface area contributed by atoms with Crippen LogP contribution in [0.3, 0.4) is 0 Å². The summed E-state index contributed by atoms with van der Waals surface area (Å²) in [6.45, 7) is 0.481. The van der Waals surface area contributed by atoms with Crippen molar-refractivity contribution < 1.29 is 19.2 Å². The van der Waals surface area contributed by atoms with E-state index in [1.807, 2.05) is 6.07 Å². The Kier molecular flexibility index (Phi) is 6.92. The highest BCUT2D eigenvalue weighted by Gasteiger charge is 2.16. The summed E-state index contributed by atoms with van der Waals surface area (Å²) >= 11 is 0. The van der Waals surface area contributed by atoms with Gasteiger partial charge in [-0.3, -0.25) is 19.6 Å². The van der Waals surface area contributed by atoms with Crippen LogP contribution in [-0.2, 0) is 11.3 Å². The molecule has 0 atom stereocenters. The van der Waals surface area contributed by atoms with E-state index in [1.54, 1.807) is 34.3 Å². The van der Waals surface area contributed by atoms with E-state index < -0.39 is 23.1 Å². The van der Waals surface area contributed by atoms with Gasteiger partial charge in [0.25, 0.3) is 5.91 Å². The van der Waals surface area contributed by atoms with Crippen molar-refractivity contribution in [2.24, 2.45) is 0 Å². The fraction of sp³-hybridized carbons (Fsp3) is 0.227. The molecule has 3 N–H and O–H groups in total. The number of pyridine rings is 1. The number of amides is 2. The molecule has 8 heteroatoms. The number of nitrogens with one attached hydrogen (secondary N) is 2. The maximum absolute atomic E-state index is 13.8. The zero-order valence-electron chi connectivity index (χ0n) is 16.2. The zero-order chi connectivity index (χ0) is 21.5. The van der Waals surface area contributed by atoms with Crippen LogP contribution in [0.1, 0.15) is 36.0 Å². The summed E-state index contributed by atoms with van der Waals surface area (Å²) in [5.41, 5.74) is 2.07. The molecule has 1 aromatic heterocycles. The van der Waals surface area contributed by atoms with Crippen LogP contribution in [0.25, 0.3) is 10.9 Å². The fourth-order valence-electron chi connectivity index (χ4n) is 3.24. The van der Waals surface area contributed by atoms with Crippen molar-refractivity contribution in [2.45, 2.75) is 32.2 Å². The molecule has 0 spiro atoms. The molecule has 0 saturated carbocycles. The van der Waals surface area contributed by atoms with E-state index in [0.29, 0.717) is 37.0 Å². The molecule has 0 radical (unpaired) electrons.